The average Bonchev–Trinajstić information content (AvgIpc) is 2.83. The fraction of sp³-hybridized carbons (Fsp3) is 0.250. The highest BCUT2D eigenvalue weighted by Gasteiger charge is 2.24. The molecule has 0 radical (unpaired) electrons. The smallest absolute Gasteiger partial charge is 0.281 e. The van der Waals surface area contributed by atoms with Gasteiger partial charge in [-0.1, -0.05) is 11.6 Å². The number of aliphatic hydroxyl groups is 1. The minimum absolute atomic E-state index is 0.167. The Morgan fingerprint density at radius 3 is 2.81 bits per heavy atom. The van der Waals surface area contributed by atoms with Gasteiger partial charge in [-0.2, -0.15) is 13.5 Å². The highest BCUT2D eigenvalue weighted by Crippen LogP contribution is 2.29. The molecule has 21 heavy (non-hydrogen) atoms. The zero-order valence-electron chi connectivity index (χ0n) is 11.3. The lowest BCUT2D eigenvalue weighted by atomic mass is 10.3. The standard InChI is InChI=1S/C12H14ClN3O4S/c1-7-9(6-17)12(15-14-7)21(18,19)16-11-5-8(20-2)3-4-10(11)13/h3-5,16-17H,6H2,1-2H3,(H,14,15). The minimum atomic E-state index is -3.98. The first-order valence-electron chi connectivity index (χ1n) is 5.90. The van der Waals surface area contributed by atoms with Crippen LogP contribution in [0.5, 0.6) is 5.75 Å². The van der Waals surface area contributed by atoms with Crippen molar-refractivity contribution in [3.8, 4) is 5.75 Å². The van der Waals surface area contributed by atoms with E-state index in [2.05, 4.69) is 14.9 Å². The number of aliphatic hydroxyl groups excluding tert-OH is 1. The predicted octanol–water partition coefficient (Wildman–Crippen LogP) is 1.67. The van der Waals surface area contributed by atoms with Crippen molar-refractivity contribution in [2.45, 2.75) is 18.6 Å². The summed E-state index contributed by atoms with van der Waals surface area (Å²) in [5.41, 5.74) is 0.858. The summed E-state index contributed by atoms with van der Waals surface area (Å²) in [5.74, 6) is 0.456. The van der Waals surface area contributed by atoms with Crippen LogP contribution >= 0.6 is 11.6 Å². The van der Waals surface area contributed by atoms with E-state index in [9.17, 15) is 13.5 Å². The van der Waals surface area contributed by atoms with Gasteiger partial charge in [-0.25, -0.2) is 0 Å². The molecule has 0 unspecified atom stereocenters. The first kappa shape index (κ1) is 15.6. The number of anilines is 1. The normalized spacial score (nSPS) is 11.4. The van der Waals surface area contributed by atoms with E-state index in [-0.39, 0.29) is 21.3 Å². The minimum Gasteiger partial charge on any atom is -0.497 e. The van der Waals surface area contributed by atoms with Crippen LogP contribution in [0.1, 0.15) is 11.3 Å². The number of benzene rings is 1. The summed E-state index contributed by atoms with van der Waals surface area (Å²) in [6.07, 6.45) is 0. The SMILES string of the molecule is COc1ccc(Cl)c(NS(=O)(=O)c2n[nH]c(C)c2CO)c1. The third kappa shape index (κ3) is 3.12. The molecule has 0 bridgehead atoms. The number of aromatic amines is 1. The first-order chi connectivity index (χ1) is 9.89. The topological polar surface area (TPSA) is 104 Å². The lowest BCUT2D eigenvalue weighted by Crippen LogP contribution is -2.15. The monoisotopic (exact) mass is 331 g/mol. The van der Waals surface area contributed by atoms with Crippen LogP contribution in [0.3, 0.4) is 0 Å². The van der Waals surface area contributed by atoms with Crippen molar-refractivity contribution in [2.24, 2.45) is 0 Å². The quantitative estimate of drug-likeness (QED) is 0.773. The molecule has 1 aromatic heterocycles. The number of hydrogen-bond donors (Lipinski definition) is 3. The number of nitrogens with zero attached hydrogens (tertiary/aromatic N) is 1. The van der Waals surface area contributed by atoms with Gasteiger partial charge < -0.3 is 9.84 Å². The van der Waals surface area contributed by atoms with Crippen LogP contribution in [-0.4, -0.2) is 30.8 Å². The van der Waals surface area contributed by atoms with E-state index in [4.69, 9.17) is 16.3 Å². The van der Waals surface area contributed by atoms with Crippen LogP contribution in [0.4, 0.5) is 5.69 Å². The highest BCUT2D eigenvalue weighted by atomic mass is 35.5. The number of rotatable bonds is 5. The summed E-state index contributed by atoms with van der Waals surface area (Å²) in [4.78, 5) is 0. The van der Waals surface area contributed by atoms with E-state index in [1.165, 1.54) is 19.2 Å². The largest absolute Gasteiger partial charge is 0.497 e. The summed E-state index contributed by atoms with van der Waals surface area (Å²) >= 11 is 5.97. The number of hydrogen-bond acceptors (Lipinski definition) is 5. The van der Waals surface area contributed by atoms with E-state index < -0.39 is 16.6 Å². The maximum atomic E-state index is 12.3. The van der Waals surface area contributed by atoms with Crippen LogP contribution in [-0.2, 0) is 16.6 Å². The Labute approximate surface area is 127 Å². The van der Waals surface area contributed by atoms with Gasteiger partial charge in [0.1, 0.15) is 5.75 Å². The molecule has 1 aromatic carbocycles. The molecule has 7 nitrogen and oxygen atoms in total. The Bertz CT molecular complexity index is 758. The second kappa shape index (κ2) is 5.92. The molecule has 2 rings (SSSR count). The Hall–Kier alpha value is -1.77. The second-order valence-corrected chi connectivity index (χ2v) is 6.25. The molecular formula is C12H14ClN3O4S. The molecule has 0 saturated heterocycles. The van der Waals surface area contributed by atoms with Gasteiger partial charge in [-0.05, 0) is 19.1 Å². The Morgan fingerprint density at radius 1 is 1.48 bits per heavy atom. The third-order valence-electron chi connectivity index (χ3n) is 2.87. The highest BCUT2D eigenvalue weighted by molar-refractivity contribution is 7.92. The summed E-state index contributed by atoms with van der Waals surface area (Å²) in [6, 6.07) is 4.58. The van der Waals surface area contributed by atoms with Crippen molar-refractivity contribution in [1.29, 1.82) is 0 Å². The molecule has 0 aliphatic carbocycles. The molecule has 0 amide bonds. The lowest BCUT2D eigenvalue weighted by Gasteiger charge is -2.10. The Morgan fingerprint density at radius 2 is 2.19 bits per heavy atom. The molecule has 0 atom stereocenters. The summed E-state index contributed by atoms with van der Waals surface area (Å²) in [5, 5.41) is 15.5. The zero-order valence-corrected chi connectivity index (χ0v) is 12.9. The molecule has 0 aliphatic rings. The number of aromatic nitrogens is 2. The van der Waals surface area contributed by atoms with E-state index in [0.717, 1.165) is 0 Å². The number of aryl methyl sites for hydroxylation is 1. The van der Waals surface area contributed by atoms with Gasteiger partial charge in [-0.3, -0.25) is 9.82 Å². The van der Waals surface area contributed by atoms with E-state index in [1.54, 1.807) is 13.0 Å². The van der Waals surface area contributed by atoms with E-state index in [0.29, 0.717) is 11.4 Å². The van der Waals surface area contributed by atoms with E-state index in [1.807, 2.05) is 0 Å². The van der Waals surface area contributed by atoms with Crippen molar-refractivity contribution >= 4 is 27.3 Å². The molecule has 2 aromatic rings. The number of ether oxygens (including phenoxy) is 1. The van der Waals surface area contributed by atoms with Crippen molar-refractivity contribution in [3.05, 3.63) is 34.5 Å². The molecule has 0 saturated carbocycles. The maximum absolute atomic E-state index is 12.3. The molecule has 0 spiro atoms. The Kier molecular flexibility index (Phi) is 4.40. The zero-order chi connectivity index (χ0) is 15.6. The van der Waals surface area contributed by atoms with Crippen LogP contribution in [0.2, 0.25) is 5.02 Å². The number of methoxy groups -OCH3 is 1. The van der Waals surface area contributed by atoms with Crippen LogP contribution in [0.15, 0.2) is 23.2 Å². The summed E-state index contributed by atoms with van der Waals surface area (Å²) in [7, 11) is -2.51. The molecule has 9 heteroatoms. The molecule has 114 valence electrons. The van der Waals surface area contributed by atoms with E-state index >= 15 is 0 Å². The third-order valence-corrected chi connectivity index (χ3v) is 4.53. The molecule has 0 fully saturated rings. The van der Waals surface area contributed by atoms with Gasteiger partial charge >= 0.3 is 0 Å². The lowest BCUT2D eigenvalue weighted by molar-refractivity contribution is 0.277. The van der Waals surface area contributed by atoms with Gasteiger partial charge in [0.15, 0.2) is 0 Å². The van der Waals surface area contributed by atoms with Gasteiger partial charge in [0.25, 0.3) is 10.0 Å². The Balaban J connectivity index is 2.42. The molecule has 0 aliphatic heterocycles. The number of halogens is 1. The predicted molar refractivity (Wildman–Crippen MR) is 78.1 cm³/mol. The maximum Gasteiger partial charge on any atom is 0.281 e. The fourth-order valence-electron chi connectivity index (χ4n) is 1.74. The van der Waals surface area contributed by atoms with Crippen molar-refractivity contribution in [2.75, 3.05) is 11.8 Å². The van der Waals surface area contributed by atoms with Crippen LogP contribution in [0.25, 0.3) is 0 Å². The van der Waals surface area contributed by atoms with Crippen molar-refractivity contribution < 1.29 is 18.3 Å². The summed E-state index contributed by atoms with van der Waals surface area (Å²) < 4.78 is 32.0. The fourth-order valence-corrected chi connectivity index (χ4v) is 3.22. The van der Waals surface area contributed by atoms with Crippen LogP contribution in [0, 0.1) is 6.92 Å². The molecule has 1 heterocycles. The molecular weight excluding hydrogens is 318 g/mol. The first-order valence-corrected chi connectivity index (χ1v) is 7.76. The van der Waals surface area contributed by atoms with Gasteiger partial charge in [0.05, 0.1) is 24.4 Å². The second-order valence-electron chi connectivity index (χ2n) is 4.24. The van der Waals surface area contributed by atoms with Crippen molar-refractivity contribution in [3.63, 3.8) is 0 Å². The number of nitrogens with one attached hydrogen (secondary N) is 2. The summed E-state index contributed by atoms with van der Waals surface area (Å²) in [6.45, 7) is 1.18. The van der Waals surface area contributed by atoms with Crippen molar-refractivity contribution in [1.82, 2.24) is 10.2 Å². The number of H-pyrrole nitrogens is 1. The van der Waals surface area contributed by atoms with Gasteiger partial charge in [0, 0.05) is 17.3 Å². The van der Waals surface area contributed by atoms with Crippen LogP contribution < -0.4 is 9.46 Å². The number of sulfonamides is 1. The molecule has 3 N–H and O–H groups in total. The van der Waals surface area contributed by atoms with Gasteiger partial charge in [-0.15, -0.1) is 0 Å². The van der Waals surface area contributed by atoms with Gasteiger partial charge in [0.2, 0.25) is 5.03 Å². The average molecular weight is 332 g/mol.